The van der Waals surface area contributed by atoms with E-state index in [9.17, 15) is 12.8 Å². The first-order chi connectivity index (χ1) is 9.50. The molecule has 2 N–H and O–H groups in total. The van der Waals surface area contributed by atoms with Crippen molar-refractivity contribution in [1.29, 1.82) is 0 Å². The molecule has 0 aliphatic carbocycles. The van der Waals surface area contributed by atoms with Crippen LogP contribution in [0.5, 0.6) is 0 Å². The maximum absolute atomic E-state index is 13.4. The molecule has 0 amide bonds. The van der Waals surface area contributed by atoms with Crippen molar-refractivity contribution in [2.24, 2.45) is 5.73 Å². The number of ether oxygens (including phenoxy) is 1. The van der Waals surface area contributed by atoms with E-state index in [1.54, 1.807) is 0 Å². The maximum Gasteiger partial charge on any atom is 0.243 e. The van der Waals surface area contributed by atoms with Crippen molar-refractivity contribution in [2.45, 2.75) is 30.8 Å². The number of rotatable bonds is 4. The molecule has 7 heteroatoms. The van der Waals surface area contributed by atoms with Crippen LogP contribution < -0.4 is 5.73 Å². The van der Waals surface area contributed by atoms with Crippen LogP contribution in [0.3, 0.4) is 0 Å². The molecule has 1 saturated heterocycles. The molecular weight excluding hydrogens is 283 g/mol. The highest BCUT2D eigenvalue weighted by Gasteiger charge is 2.33. The lowest BCUT2D eigenvalue weighted by atomic mass is 10.2. The highest BCUT2D eigenvalue weighted by atomic mass is 32.2. The summed E-state index contributed by atoms with van der Waals surface area (Å²) in [5, 5.41) is 0. The van der Waals surface area contributed by atoms with Crippen LogP contribution in [-0.4, -0.2) is 38.5 Å². The van der Waals surface area contributed by atoms with Gasteiger partial charge >= 0.3 is 0 Å². The van der Waals surface area contributed by atoms with E-state index in [1.807, 2.05) is 6.92 Å². The summed E-state index contributed by atoms with van der Waals surface area (Å²) in [6.07, 6.45) is 0.671. The average Bonchev–Trinajstić information content (AvgIpc) is 2.47. The molecule has 2 rings (SSSR count). The van der Waals surface area contributed by atoms with Gasteiger partial charge in [0.25, 0.3) is 0 Å². The normalized spacial score (nSPS) is 21.1. The van der Waals surface area contributed by atoms with Crippen LogP contribution in [-0.2, 0) is 21.3 Å². The number of sulfonamides is 1. The van der Waals surface area contributed by atoms with Crippen LogP contribution in [0.25, 0.3) is 0 Å². The third-order valence-corrected chi connectivity index (χ3v) is 5.44. The highest BCUT2D eigenvalue weighted by molar-refractivity contribution is 7.89. The van der Waals surface area contributed by atoms with E-state index in [1.165, 1.54) is 16.4 Å². The van der Waals surface area contributed by atoms with Gasteiger partial charge in [0, 0.05) is 24.7 Å². The topological polar surface area (TPSA) is 72.6 Å². The second-order valence-corrected chi connectivity index (χ2v) is 6.60. The lowest BCUT2D eigenvalue weighted by Gasteiger charge is -2.34. The number of hydrogen-bond acceptors (Lipinski definition) is 4. The Morgan fingerprint density at radius 2 is 2.25 bits per heavy atom. The molecule has 0 saturated carbocycles. The molecule has 5 nitrogen and oxygen atoms in total. The molecule has 1 aromatic rings. The molecule has 0 radical (unpaired) electrons. The second-order valence-electron chi connectivity index (χ2n) is 4.71. The summed E-state index contributed by atoms with van der Waals surface area (Å²) >= 11 is 0. The molecule has 1 heterocycles. The van der Waals surface area contributed by atoms with Crippen LogP contribution in [0.4, 0.5) is 4.39 Å². The van der Waals surface area contributed by atoms with Crippen LogP contribution in [0, 0.1) is 5.82 Å². The van der Waals surface area contributed by atoms with Crippen molar-refractivity contribution < 1.29 is 17.5 Å². The molecule has 0 spiro atoms. The Hall–Kier alpha value is -1.02. The minimum Gasteiger partial charge on any atom is -0.378 e. The monoisotopic (exact) mass is 302 g/mol. The van der Waals surface area contributed by atoms with Gasteiger partial charge in [-0.2, -0.15) is 4.31 Å². The van der Waals surface area contributed by atoms with E-state index in [2.05, 4.69) is 0 Å². The third-order valence-electron chi connectivity index (χ3n) is 3.49. The molecule has 1 atom stereocenters. The quantitative estimate of drug-likeness (QED) is 0.903. The zero-order chi connectivity index (χ0) is 14.8. The Labute approximate surface area is 118 Å². The van der Waals surface area contributed by atoms with Crippen LogP contribution in [0.1, 0.15) is 18.9 Å². The first-order valence-corrected chi connectivity index (χ1v) is 8.02. The minimum atomic E-state index is -3.64. The van der Waals surface area contributed by atoms with E-state index in [0.717, 1.165) is 6.07 Å². The van der Waals surface area contributed by atoms with Crippen molar-refractivity contribution in [1.82, 2.24) is 4.31 Å². The standard InChI is InChI=1S/C13H19FN2O3S/c1-2-11-9-19-6-5-16(11)20(17,18)12-3-4-13(14)10(7-12)8-15/h3-4,7,11H,2,5-6,8-9,15H2,1H3. The van der Waals surface area contributed by atoms with E-state index in [0.29, 0.717) is 26.2 Å². The highest BCUT2D eigenvalue weighted by Crippen LogP contribution is 2.23. The van der Waals surface area contributed by atoms with Crippen molar-refractivity contribution in [2.75, 3.05) is 19.8 Å². The van der Waals surface area contributed by atoms with E-state index >= 15 is 0 Å². The van der Waals surface area contributed by atoms with Gasteiger partial charge in [-0.1, -0.05) is 6.92 Å². The van der Waals surface area contributed by atoms with Gasteiger partial charge in [-0.25, -0.2) is 12.8 Å². The fourth-order valence-corrected chi connectivity index (χ4v) is 4.00. The second kappa shape index (κ2) is 6.17. The summed E-state index contributed by atoms with van der Waals surface area (Å²) in [6.45, 7) is 2.96. The average molecular weight is 302 g/mol. The lowest BCUT2D eigenvalue weighted by molar-refractivity contribution is 0.0314. The molecule has 0 bridgehead atoms. The van der Waals surface area contributed by atoms with Crippen LogP contribution in [0.2, 0.25) is 0 Å². The van der Waals surface area contributed by atoms with Gasteiger partial charge in [-0.05, 0) is 24.6 Å². The Morgan fingerprint density at radius 1 is 1.50 bits per heavy atom. The van der Waals surface area contributed by atoms with Crippen molar-refractivity contribution in [3.8, 4) is 0 Å². The zero-order valence-corrected chi connectivity index (χ0v) is 12.2. The van der Waals surface area contributed by atoms with E-state index in [4.69, 9.17) is 10.5 Å². The van der Waals surface area contributed by atoms with Crippen LogP contribution in [0.15, 0.2) is 23.1 Å². The molecule has 1 aliphatic rings. The van der Waals surface area contributed by atoms with Gasteiger partial charge in [0.2, 0.25) is 10.0 Å². The van der Waals surface area contributed by atoms with Crippen molar-refractivity contribution in [3.05, 3.63) is 29.6 Å². The summed E-state index contributed by atoms with van der Waals surface area (Å²) in [4.78, 5) is 0.0831. The van der Waals surface area contributed by atoms with Gasteiger partial charge in [-0.15, -0.1) is 0 Å². The zero-order valence-electron chi connectivity index (χ0n) is 11.4. The molecule has 1 aromatic carbocycles. The number of hydrogen-bond donors (Lipinski definition) is 1. The number of nitrogens with two attached hydrogens (primary N) is 1. The fourth-order valence-electron chi connectivity index (χ4n) is 2.28. The van der Waals surface area contributed by atoms with Crippen molar-refractivity contribution >= 4 is 10.0 Å². The molecule has 20 heavy (non-hydrogen) atoms. The third kappa shape index (κ3) is 2.85. The fraction of sp³-hybridized carbons (Fsp3) is 0.538. The summed E-state index contributed by atoms with van der Waals surface area (Å²) < 4.78 is 45.5. The Morgan fingerprint density at radius 3 is 2.90 bits per heavy atom. The number of benzene rings is 1. The van der Waals surface area contributed by atoms with Gasteiger partial charge in [-0.3, -0.25) is 0 Å². The van der Waals surface area contributed by atoms with E-state index < -0.39 is 15.8 Å². The first-order valence-electron chi connectivity index (χ1n) is 6.58. The Balaban J connectivity index is 2.38. The number of morpholine rings is 1. The maximum atomic E-state index is 13.4. The van der Waals surface area contributed by atoms with Gasteiger partial charge in [0.1, 0.15) is 5.82 Å². The molecular formula is C13H19FN2O3S. The molecule has 1 fully saturated rings. The molecule has 1 aliphatic heterocycles. The minimum absolute atomic E-state index is 0.0322. The number of nitrogens with zero attached hydrogens (tertiary/aromatic N) is 1. The predicted molar refractivity (Wildman–Crippen MR) is 73.1 cm³/mol. The van der Waals surface area contributed by atoms with Gasteiger partial charge < -0.3 is 10.5 Å². The predicted octanol–water partition coefficient (Wildman–Crippen LogP) is 1.08. The summed E-state index contributed by atoms with van der Waals surface area (Å²) in [6, 6.07) is 3.56. The summed E-state index contributed by atoms with van der Waals surface area (Å²) in [7, 11) is -3.64. The summed E-state index contributed by atoms with van der Waals surface area (Å²) in [5.74, 6) is -0.486. The van der Waals surface area contributed by atoms with Crippen molar-refractivity contribution in [3.63, 3.8) is 0 Å². The molecule has 112 valence electrons. The van der Waals surface area contributed by atoms with E-state index in [-0.39, 0.29) is 23.0 Å². The van der Waals surface area contributed by atoms with Gasteiger partial charge in [0.05, 0.1) is 18.1 Å². The lowest BCUT2D eigenvalue weighted by Crippen LogP contribution is -2.48. The van der Waals surface area contributed by atoms with Crippen LogP contribution >= 0.6 is 0 Å². The largest absolute Gasteiger partial charge is 0.378 e. The molecule has 0 aromatic heterocycles. The first kappa shape index (κ1) is 15.4. The van der Waals surface area contributed by atoms with Gasteiger partial charge in [0.15, 0.2) is 0 Å². The Bertz CT molecular complexity index is 577. The Kier molecular flexibility index (Phi) is 4.74. The number of halogens is 1. The smallest absolute Gasteiger partial charge is 0.243 e. The molecule has 1 unspecified atom stereocenters. The SMILES string of the molecule is CCC1COCCN1S(=O)(=O)c1ccc(F)c(CN)c1. The summed E-state index contributed by atoms with van der Waals surface area (Å²) in [5.41, 5.74) is 5.63.